The summed E-state index contributed by atoms with van der Waals surface area (Å²) < 4.78 is 1.77. The minimum absolute atomic E-state index is 0.333. The average molecular weight is 357 g/mol. The van der Waals surface area contributed by atoms with E-state index in [0.717, 1.165) is 48.5 Å². The van der Waals surface area contributed by atoms with Crippen LogP contribution in [0.2, 0.25) is 5.02 Å². The molecule has 6 nitrogen and oxygen atoms in total. The maximum atomic E-state index is 6.28. The second-order valence-electron chi connectivity index (χ2n) is 6.50. The van der Waals surface area contributed by atoms with Crippen LogP contribution >= 0.6 is 11.6 Å². The van der Waals surface area contributed by atoms with E-state index in [2.05, 4.69) is 20.7 Å². The van der Waals surface area contributed by atoms with Crippen LogP contribution in [0, 0.1) is 0 Å². The number of imidazole rings is 1. The third kappa shape index (κ3) is 3.55. The second kappa shape index (κ2) is 6.90. The van der Waals surface area contributed by atoms with Gasteiger partial charge in [0, 0.05) is 30.5 Å². The van der Waals surface area contributed by atoms with Gasteiger partial charge in [0.15, 0.2) is 5.65 Å². The molecule has 0 bridgehead atoms. The Morgan fingerprint density at radius 2 is 1.92 bits per heavy atom. The molecule has 130 valence electrons. The van der Waals surface area contributed by atoms with E-state index in [1.54, 1.807) is 10.7 Å². The van der Waals surface area contributed by atoms with Gasteiger partial charge in [-0.1, -0.05) is 23.7 Å². The van der Waals surface area contributed by atoms with E-state index in [4.69, 9.17) is 17.3 Å². The van der Waals surface area contributed by atoms with Gasteiger partial charge in [0.2, 0.25) is 0 Å². The van der Waals surface area contributed by atoms with Gasteiger partial charge < -0.3 is 16.4 Å². The standard InChI is InChI=1S/C18H21ClN6/c19-14-3-1-2-4-15(14)23-16-11-17(24-25-10-9-21-18(16)25)22-13-7-5-12(20)6-8-13/h1-4,9-13,23H,5-8,20H2,(H,22,24). The Bertz CT molecular complexity index is 869. The molecule has 0 saturated heterocycles. The summed E-state index contributed by atoms with van der Waals surface area (Å²) in [7, 11) is 0. The summed E-state index contributed by atoms with van der Waals surface area (Å²) in [6, 6.07) is 10.4. The lowest BCUT2D eigenvalue weighted by atomic mass is 9.92. The molecule has 1 fully saturated rings. The Hall–Kier alpha value is -2.31. The third-order valence-electron chi connectivity index (χ3n) is 4.63. The number of nitrogens with two attached hydrogens (primary N) is 1. The van der Waals surface area contributed by atoms with Crippen LogP contribution in [0.5, 0.6) is 0 Å². The number of nitrogens with zero attached hydrogens (tertiary/aromatic N) is 3. The molecule has 0 aliphatic heterocycles. The van der Waals surface area contributed by atoms with Crippen LogP contribution in [0.4, 0.5) is 17.2 Å². The molecule has 7 heteroatoms. The Morgan fingerprint density at radius 3 is 2.72 bits per heavy atom. The van der Waals surface area contributed by atoms with Crippen molar-refractivity contribution < 1.29 is 0 Å². The highest BCUT2D eigenvalue weighted by molar-refractivity contribution is 6.33. The molecule has 25 heavy (non-hydrogen) atoms. The number of anilines is 3. The summed E-state index contributed by atoms with van der Waals surface area (Å²) >= 11 is 6.28. The number of rotatable bonds is 4. The van der Waals surface area contributed by atoms with Crippen LogP contribution in [0.3, 0.4) is 0 Å². The van der Waals surface area contributed by atoms with Crippen LogP contribution in [0.25, 0.3) is 5.65 Å². The highest BCUT2D eigenvalue weighted by atomic mass is 35.5. The maximum absolute atomic E-state index is 6.28. The van der Waals surface area contributed by atoms with Crippen LogP contribution in [-0.4, -0.2) is 26.7 Å². The van der Waals surface area contributed by atoms with Gasteiger partial charge in [0.25, 0.3) is 0 Å². The van der Waals surface area contributed by atoms with E-state index < -0.39 is 0 Å². The first-order valence-corrected chi connectivity index (χ1v) is 8.95. The molecule has 1 aromatic carbocycles. The van der Waals surface area contributed by atoms with Crippen molar-refractivity contribution in [1.82, 2.24) is 14.6 Å². The van der Waals surface area contributed by atoms with Crippen molar-refractivity contribution in [3.05, 3.63) is 47.7 Å². The van der Waals surface area contributed by atoms with E-state index in [9.17, 15) is 0 Å². The molecule has 0 amide bonds. The minimum atomic E-state index is 0.333. The smallest absolute Gasteiger partial charge is 0.177 e. The predicted molar refractivity (Wildman–Crippen MR) is 102 cm³/mol. The normalized spacial score (nSPS) is 20.6. The summed E-state index contributed by atoms with van der Waals surface area (Å²) in [5.41, 5.74) is 8.46. The van der Waals surface area contributed by atoms with Crippen molar-refractivity contribution in [2.45, 2.75) is 37.8 Å². The van der Waals surface area contributed by atoms with E-state index in [-0.39, 0.29) is 0 Å². The van der Waals surface area contributed by atoms with Crippen molar-refractivity contribution in [3.8, 4) is 0 Å². The van der Waals surface area contributed by atoms with Crippen LogP contribution in [0.1, 0.15) is 25.7 Å². The van der Waals surface area contributed by atoms with Gasteiger partial charge in [0.05, 0.1) is 16.4 Å². The van der Waals surface area contributed by atoms with Gasteiger partial charge in [-0.2, -0.15) is 0 Å². The second-order valence-corrected chi connectivity index (χ2v) is 6.91. The zero-order valence-electron chi connectivity index (χ0n) is 13.8. The molecule has 3 aromatic rings. The lowest BCUT2D eigenvalue weighted by Gasteiger charge is -2.27. The van der Waals surface area contributed by atoms with Gasteiger partial charge in [-0.25, -0.2) is 9.50 Å². The number of para-hydroxylation sites is 1. The minimum Gasteiger partial charge on any atom is -0.366 e. The summed E-state index contributed by atoms with van der Waals surface area (Å²) in [5, 5.41) is 12.2. The van der Waals surface area contributed by atoms with Crippen molar-refractivity contribution >= 4 is 34.4 Å². The third-order valence-corrected chi connectivity index (χ3v) is 4.96. The monoisotopic (exact) mass is 356 g/mol. The molecule has 4 rings (SSSR count). The van der Waals surface area contributed by atoms with Gasteiger partial charge in [-0.05, 0) is 37.8 Å². The van der Waals surface area contributed by atoms with E-state index in [1.807, 2.05) is 36.5 Å². The molecule has 4 N–H and O–H groups in total. The summed E-state index contributed by atoms with van der Waals surface area (Å²) in [5.74, 6) is 0.820. The van der Waals surface area contributed by atoms with E-state index in [1.165, 1.54) is 0 Å². The first kappa shape index (κ1) is 16.2. The SMILES string of the molecule is NC1CCC(Nc2cc(Nc3ccccc3Cl)c3nccn3n2)CC1. The maximum Gasteiger partial charge on any atom is 0.177 e. The van der Waals surface area contributed by atoms with Crippen LogP contribution in [-0.2, 0) is 0 Å². The van der Waals surface area contributed by atoms with Gasteiger partial charge in [-0.15, -0.1) is 5.10 Å². The first-order chi connectivity index (χ1) is 12.2. The van der Waals surface area contributed by atoms with Gasteiger partial charge in [0.1, 0.15) is 5.82 Å². The topological polar surface area (TPSA) is 80.3 Å². The average Bonchev–Trinajstić information content (AvgIpc) is 3.08. The molecule has 1 saturated carbocycles. The van der Waals surface area contributed by atoms with E-state index >= 15 is 0 Å². The van der Waals surface area contributed by atoms with Crippen LogP contribution in [0.15, 0.2) is 42.7 Å². The number of hydrogen-bond donors (Lipinski definition) is 3. The lowest BCUT2D eigenvalue weighted by molar-refractivity contribution is 0.410. The summed E-state index contributed by atoms with van der Waals surface area (Å²) in [6.07, 6.45) is 7.82. The molecule has 1 aliphatic rings. The highest BCUT2D eigenvalue weighted by Gasteiger charge is 2.19. The van der Waals surface area contributed by atoms with Crippen molar-refractivity contribution in [2.24, 2.45) is 5.73 Å². The molecule has 0 atom stereocenters. The Labute approximate surface area is 151 Å². The van der Waals surface area contributed by atoms with Gasteiger partial charge >= 0.3 is 0 Å². The predicted octanol–water partition coefficient (Wildman–Crippen LogP) is 3.81. The molecule has 0 spiro atoms. The number of aromatic nitrogens is 3. The highest BCUT2D eigenvalue weighted by Crippen LogP contribution is 2.29. The fourth-order valence-corrected chi connectivity index (χ4v) is 3.44. The summed E-state index contributed by atoms with van der Waals surface area (Å²) in [4.78, 5) is 4.39. The summed E-state index contributed by atoms with van der Waals surface area (Å²) in [6.45, 7) is 0. The molecule has 0 unspecified atom stereocenters. The quantitative estimate of drug-likeness (QED) is 0.662. The first-order valence-electron chi connectivity index (χ1n) is 8.57. The molecule has 2 aromatic heterocycles. The number of halogens is 1. The van der Waals surface area contributed by atoms with E-state index in [0.29, 0.717) is 17.1 Å². The molecule has 2 heterocycles. The van der Waals surface area contributed by atoms with Crippen molar-refractivity contribution in [3.63, 3.8) is 0 Å². The van der Waals surface area contributed by atoms with Crippen LogP contribution < -0.4 is 16.4 Å². The Balaban J connectivity index is 1.62. The molecule has 0 radical (unpaired) electrons. The molecular formula is C18H21ClN6. The molecule has 1 aliphatic carbocycles. The molecular weight excluding hydrogens is 336 g/mol. The van der Waals surface area contributed by atoms with Crippen molar-refractivity contribution in [2.75, 3.05) is 10.6 Å². The number of fused-ring (bicyclic) bond motifs is 1. The number of hydrogen-bond acceptors (Lipinski definition) is 5. The lowest BCUT2D eigenvalue weighted by Crippen LogP contribution is -2.33. The zero-order chi connectivity index (χ0) is 17.2. The Kier molecular flexibility index (Phi) is 4.46. The number of nitrogens with one attached hydrogen (secondary N) is 2. The zero-order valence-corrected chi connectivity index (χ0v) is 14.6. The van der Waals surface area contributed by atoms with Crippen molar-refractivity contribution in [1.29, 1.82) is 0 Å². The fourth-order valence-electron chi connectivity index (χ4n) is 3.26. The van der Waals surface area contributed by atoms with Gasteiger partial charge in [-0.3, -0.25) is 0 Å². The number of benzene rings is 1. The largest absolute Gasteiger partial charge is 0.366 e. The Morgan fingerprint density at radius 1 is 1.12 bits per heavy atom. The fraction of sp³-hybridized carbons (Fsp3) is 0.333.